The number of thiophene rings is 1. The van der Waals surface area contributed by atoms with E-state index in [0.29, 0.717) is 16.1 Å². The smallest absolute Gasteiger partial charge is 0.171 e. The van der Waals surface area contributed by atoms with E-state index in [-0.39, 0.29) is 5.78 Å². The molecule has 0 saturated heterocycles. The fourth-order valence-corrected chi connectivity index (χ4v) is 3.65. The molecule has 0 aliphatic carbocycles. The molecule has 16 heavy (non-hydrogen) atoms. The van der Waals surface area contributed by atoms with Crippen molar-refractivity contribution < 1.29 is 4.79 Å². The average molecular weight is 254 g/mol. The third kappa shape index (κ3) is 2.77. The Labute approximate surface area is 104 Å². The molecule has 0 aliphatic rings. The van der Waals surface area contributed by atoms with E-state index in [4.69, 9.17) is 11.0 Å². The largest absolute Gasteiger partial charge is 0.396 e. The Morgan fingerprint density at radius 3 is 2.81 bits per heavy atom. The zero-order valence-corrected chi connectivity index (χ0v) is 11.0. The van der Waals surface area contributed by atoms with Crippen LogP contribution in [0.25, 0.3) is 0 Å². The minimum absolute atomic E-state index is 0.0682. The summed E-state index contributed by atoms with van der Waals surface area (Å²) in [5, 5.41) is 9.00. The van der Waals surface area contributed by atoms with Gasteiger partial charge in [-0.1, -0.05) is 13.3 Å². The van der Waals surface area contributed by atoms with E-state index < -0.39 is 0 Å². The number of hydrogen-bond acceptors (Lipinski definition) is 5. The number of rotatable bonds is 5. The van der Waals surface area contributed by atoms with Crippen molar-refractivity contribution in [2.24, 2.45) is 0 Å². The third-order valence-electron chi connectivity index (χ3n) is 2.08. The predicted molar refractivity (Wildman–Crippen MR) is 69.1 cm³/mol. The molecule has 2 N–H and O–H groups in total. The molecule has 0 saturated carbocycles. The van der Waals surface area contributed by atoms with Crippen molar-refractivity contribution in [3.63, 3.8) is 0 Å². The molecule has 3 nitrogen and oxygen atoms in total. The fourth-order valence-electron chi connectivity index (χ4n) is 1.20. The standard InChI is InChI=1S/C11H14N2OS2/c1-3-4-5-15-11-8(6-12)9(13)10(16-11)7(2)14/h3-5,13H2,1-2H3. The van der Waals surface area contributed by atoms with Crippen molar-refractivity contribution in [2.75, 3.05) is 11.5 Å². The second-order valence-corrected chi connectivity index (χ2v) is 5.76. The molecule has 1 aromatic rings. The highest BCUT2D eigenvalue weighted by molar-refractivity contribution is 8.01. The van der Waals surface area contributed by atoms with Gasteiger partial charge in [0.05, 0.1) is 14.8 Å². The molecule has 0 spiro atoms. The van der Waals surface area contributed by atoms with Crippen LogP contribution in [0.3, 0.4) is 0 Å². The van der Waals surface area contributed by atoms with Crippen LogP contribution >= 0.6 is 23.1 Å². The summed E-state index contributed by atoms with van der Waals surface area (Å²) >= 11 is 2.95. The molecule has 0 fully saturated rings. The summed E-state index contributed by atoms with van der Waals surface area (Å²) in [6, 6.07) is 2.08. The van der Waals surface area contributed by atoms with Crippen LogP contribution < -0.4 is 5.73 Å². The number of carbonyl (C=O) groups is 1. The second kappa shape index (κ2) is 5.92. The number of nitrogen functional groups attached to an aromatic ring is 1. The number of nitrogens with two attached hydrogens (primary N) is 1. The Hall–Kier alpha value is -0.990. The van der Waals surface area contributed by atoms with Crippen LogP contribution in [-0.4, -0.2) is 11.5 Å². The first-order chi connectivity index (χ1) is 7.61. The molecule has 0 unspecified atom stereocenters. The van der Waals surface area contributed by atoms with E-state index >= 15 is 0 Å². The SMILES string of the molecule is CCCCSc1sc(C(C)=O)c(N)c1C#N. The lowest BCUT2D eigenvalue weighted by atomic mass is 10.2. The molecule has 0 bridgehead atoms. The van der Waals surface area contributed by atoms with Crippen LogP contribution in [0.15, 0.2) is 4.21 Å². The van der Waals surface area contributed by atoms with E-state index in [1.807, 2.05) is 0 Å². The summed E-state index contributed by atoms with van der Waals surface area (Å²) in [6.07, 6.45) is 2.22. The molecule has 0 aliphatic heterocycles. The van der Waals surface area contributed by atoms with E-state index in [2.05, 4.69) is 13.0 Å². The van der Waals surface area contributed by atoms with Gasteiger partial charge in [0, 0.05) is 6.92 Å². The summed E-state index contributed by atoms with van der Waals surface area (Å²) in [4.78, 5) is 11.8. The lowest BCUT2D eigenvalue weighted by Crippen LogP contribution is -1.95. The Balaban J connectivity index is 2.96. The van der Waals surface area contributed by atoms with E-state index in [9.17, 15) is 4.79 Å². The van der Waals surface area contributed by atoms with Crippen molar-refractivity contribution in [1.82, 2.24) is 0 Å². The normalized spacial score (nSPS) is 10.1. The van der Waals surface area contributed by atoms with Gasteiger partial charge in [-0.05, 0) is 12.2 Å². The van der Waals surface area contributed by atoms with Crippen LogP contribution in [-0.2, 0) is 0 Å². The van der Waals surface area contributed by atoms with Crippen molar-refractivity contribution in [1.29, 1.82) is 5.26 Å². The maximum atomic E-state index is 11.3. The lowest BCUT2D eigenvalue weighted by molar-refractivity contribution is 0.102. The van der Waals surface area contributed by atoms with Crippen molar-refractivity contribution >= 4 is 34.6 Å². The number of nitriles is 1. The van der Waals surface area contributed by atoms with Gasteiger partial charge in [0.2, 0.25) is 0 Å². The quantitative estimate of drug-likeness (QED) is 0.497. The molecular formula is C11H14N2OS2. The Kier molecular flexibility index (Phi) is 4.84. The molecule has 0 radical (unpaired) electrons. The van der Waals surface area contributed by atoms with Gasteiger partial charge in [-0.3, -0.25) is 4.79 Å². The molecule has 1 rings (SSSR count). The highest BCUT2D eigenvalue weighted by Gasteiger charge is 2.18. The fraction of sp³-hybridized carbons (Fsp3) is 0.455. The molecule has 0 amide bonds. The predicted octanol–water partition coefficient (Wildman–Crippen LogP) is 3.30. The topological polar surface area (TPSA) is 66.9 Å². The number of ketones is 1. The monoisotopic (exact) mass is 254 g/mol. The molecule has 1 aromatic heterocycles. The summed E-state index contributed by atoms with van der Waals surface area (Å²) in [7, 11) is 0. The van der Waals surface area contributed by atoms with Gasteiger partial charge in [0.15, 0.2) is 5.78 Å². The van der Waals surface area contributed by atoms with Gasteiger partial charge in [-0.2, -0.15) is 5.26 Å². The molecule has 0 atom stereocenters. The highest BCUT2D eigenvalue weighted by Crippen LogP contribution is 2.38. The van der Waals surface area contributed by atoms with Gasteiger partial charge in [-0.25, -0.2) is 0 Å². The second-order valence-electron chi connectivity index (χ2n) is 3.38. The van der Waals surface area contributed by atoms with Crippen LogP contribution in [0, 0.1) is 11.3 Å². The van der Waals surface area contributed by atoms with Crippen LogP contribution in [0.1, 0.15) is 41.9 Å². The van der Waals surface area contributed by atoms with Crippen LogP contribution in [0.2, 0.25) is 0 Å². The zero-order valence-electron chi connectivity index (χ0n) is 9.37. The van der Waals surface area contributed by atoms with Crippen LogP contribution in [0.4, 0.5) is 5.69 Å². The number of nitrogens with zero attached hydrogens (tertiary/aromatic N) is 1. The number of carbonyl (C=O) groups excluding carboxylic acids is 1. The summed E-state index contributed by atoms with van der Waals surface area (Å²) in [5.41, 5.74) is 6.59. The minimum Gasteiger partial charge on any atom is -0.396 e. The molecule has 1 heterocycles. The minimum atomic E-state index is -0.0682. The van der Waals surface area contributed by atoms with Crippen LogP contribution in [0.5, 0.6) is 0 Å². The Morgan fingerprint density at radius 2 is 2.31 bits per heavy atom. The summed E-state index contributed by atoms with van der Waals surface area (Å²) in [5.74, 6) is 0.893. The zero-order chi connectivity index (χ0) is 12.1. The van der Waals surface area contributed by atoms with Gasteiger partial charge in [0.1, 0.15) is 11.6 Å². The van der Waals surface area contributed by atoms with E-state index in [1.54, 1.807) is 11.8 Å². The maximum Gasteiger partial charge on any atom is 0.171 e. The number of Topliss-reactive ketones (excluding diaryl/α,β-unsaturated/α-hetero) is 1. The van der Waals surface area contributed by atoms with Crippen molar-refractivity contribution in [2.45, 2.75) is 30.9 Å². The molecular weight excluding hydrogens is 240 g/mol. The number of unbranched alkanes of at least 4 members (excludes halogenated alkanes) is 1. The van der Waals surface area contributed by atoms with Crippen molar-refractivity contribution in [3.05, 3.63) is 10.4 Å². The van der Waals surface area contributed by atoms with Gasteiger partial charge < -0.3 is 5.73 Å². The Bertz CT molecular complexity index is 432. The summed E-state index contributed by atoms with van der Waals surface area (Å²) < 4.78 is 0.874. The first kappa shape index (κ1) is 13.1. The first-order valence-electron chi connectivity index (χ1n) is 5.07. The summed E-state index contributed by atoms with van der Waals surface area (Å²) in [6.45, 7) is 3.60. The molecule has 0 aromatic carbocycles. The maximum absolute atomic E-state index is 11.3. The van der Waals surface area contributed by atoms with Crippen molar-refractivity contribution in [3.8, 4) is 6.07 Å². The highest BCUT2D eigenvalue weighted by atomic mass is 32.2. The number of hydrogen-bond donors (Lipinski definition) is 1. The van der Waals surface area contributed by atoms with Gasteiger partial charge in [0.25, 0.3) is 0 Å². The third-order valence-corrected chi connectivity index (χ3v) is 4.74. The van der Waals surface area contributed by atoms with E-state index in [1.165, 1.54) is 18.3 Å². The number of thioether (sulfide) groups is 1. The number of anilines is 1. The Morgan fingerprint density at radius 1 is 1.62 bits per heavy atom. The first-order valence-corrected chi connectivity index (χ1v) is 6.88. The van der Waals surface area contributed by atoms with Gasteiger partial charge in [-0.15, -0.1) is 23.1 Å². The van der Waals surface area contributed by atoms with Gasteiger partial charge >= 0.3 is 0 Å². The molecule has 86 valence electrons. The average Bonchev–Trinajstić information content (AvgIpc) is 2.55. The lowest BCUT2D eigenvalue weighted by Gasteiger charge is -1.96. The van der Waals surface area contributed by atoms with E-state index in [0.717, 1.165) is 22.8 Å². The molecule has 5 heteroatoms.